The van der Waals surface area contributed by atoms with Crippen LogP contribution < -0.4 is 4.74 Å². The topological polar surface area (TPSA) is 89.0 Å². The molecule has 0 amide bonds. The molecule has 0 N–H and O–H groups in total. The summed E-state index contributed by atoms with van der Waals surface area (Å²) in [4.78, 5) is 14.2. The van der Waals surface area contributed by atoms with E-state index >= 15 is 0 Å². The van der Waals surface area contributed by atoms with E-state index in [2.05, 4.69) is 4.98 Å². The van der Waals surface area contributed by atoms with Crippen LogP contribution in [0.2, 0.25) is 0 Å². The average Bonchev–Trinajstić information content (AvgIpc) is 2.40. The molecule has 0 radical (unpaired) electrons. The summed E-state index contributed by atoms with van der Waals surface area (Å²) in [6.45, 7) is 3.35. The Kier molecular flexibility index (Phi) is 3.80. The van der Waals surface area contributed by atoms with Crippen molar-refractivity contribution in [1.29, 1.82) is 5.26 Å². The highest BCUT2D eigenvalue weighted by molar-refractivity contribution is 5.52. The third-order valence-electron chi connectivity index (χ3n) is 2.76. The number of ether oxygens (including phenoxy) is 1. The maximum atomic E-state index is 13.8. The summed E-state index contributed by atoms with van der Waals surface area (Å²) in [5.74, 6) is -1.60. The molecule has 0 aliphatic rings. The number of nitro groups is 1. The molecule has 21 heavy (non-hydrogen) atoms. The van der Waals surface area contributed by atoms with Crippen molar-refractivity contribution in [1.82, 2.24) is 4.98 Å². The molecule has 0 atom stereocenters. The first kappa shape index (κ1) is 14.4. The Morgan fingerprint density at radius 1 is 1.43 bits per heavy atom. The molecule has 6 nitrogen and oxygen atoms in total. The molecule has 0 saturated carbocycles. The Labute approximate surface area is 119 Å². The van der Waals surface area contributed by atoms with Gasteiger partial charge < -0.3 is 4.74 Å². The minimum Gasteiger partial charge on any atom is -0.427 e. The van der Waals surface area contributed by atoms with Crippen LogP contribution in [0.15, 0.2) is 24.3 Å². The van der Waals surface area contributed by atoms with E-state index in [-0.39, 0.29) is 11.4 Å². The van der Waals surface area contributed by atoms with Gasteiger partial charge in [0.2, 0.25) is 11.6 Å². The van der Waals surface area contributed by atoms with Crippen LogP contribution in [-0.2, 0) is 0 Å². The number of pyridine rings is 1. The molecule has 2 rings (SSSR count). The van der Waals surface area contributed by atoms with Gasteiger partial charge in [-0.05, 0) is 31.5 Å². The number of benzene rings is 1. The molecule has 0 bridgehead atoms. The summed E-state index contributed by atoms with van der Waals surface area (Å²) < 4.78 is 19.0. The molecular weight excluding hydrogens is 277 g/mol. The number of nitriles is 1. The second-order valence-electron chi connectivity index (χ2n) is 4.32. The van der Waals surface area contributed by atoms with Crippen LogP contribution in [-0.4, -0.2) is 9.91 Å². The quantitative estimate of drug-likeness (QED) is 0.637. The van der Waals surface area contributed by atoms with Crippen LogP contribution >= 0.6 is 0 Å². The molecule has 1 heterocycles. The van der Waals surface area contributed by atoms with Crippen LogP contribution in [0.3, 0.4) is 0 Å². The van der Waals surface area contributed by atoms with E-state index in [1.807, 2.05) is 6.07 Å². The summed E-state index contributed by atoms with van der Waals surface area (Å²) >= 11 is 0. The van der Waals surface area contributed by atoms with Gasteiger partial charge in [-0.1, -0.05) is 6.07 Å². The molecule has 0 unspecified atom stereocenters. The number of hydrogen-bond donors (Lipinski definition) is 0. The Bertz CT molecular complexity index is 769. The van der Waals surface area contributed by atoms with Crippen molar-refractivity contribution < 1.29 is 14.1 Å². The average molecular weight is 287 g/mol. The molecule has 0 aliphatic heterocycles. The van der Waals surface area contributed by atoms with Gasteiger partial charge >= 0.3 is 5.69 Å². The maximum absolute atomic E-state index is 13.8. The van der Waals surface area contributed by atoms with E-state index in [1.165, 1.54) is 6.07 Å². The summed E-state index contributed by atoms with van der Waals surface area (Å²) in [6.07, 6.45) is 0. The lowest BCUT2D eigenvalue weighted by molar-refractivity contribution is -0.385. The van der Waals surface area contributed by atoms with E-state index in [0.717, 1.165) is 12.1 Å². The number of nitrogens with zero attached hydrogens (tertiary/aromatic N) is 3. The first-order valence-electron chi connectivity index (χ1n) is 5.93. The van der Waals surface area contributed by atoms with E-state index in [0.29, 0.717) is 11.3 Å². The van der Waals surface area contributed by atoms with Gasteiger partial charge in [-0.3, -0.25) is 10.1 Å². The summed E-state index contributed by atoms with van der Waals surface area (Å²) in [5.41, 5.74) is 0.734. The number of aromatic nitrogens is 1. The van der Waals surface area contributed by atoms with Crippen molar-refractivity contribution in [3.63, 3.8) is 0 Å². The number of hydrogen-bond acceptors (Lipinski definition) is 5. The third kappa shape index (κ3) is 2.79. The normalized spacial score (nSPS) is 10.0. The molecule has 1 aromatic heterocycles. The van der Waals surface area contributed by atoms with Crippen LogP contribution in [0, 0.1) is 41.1 Å². The zero-order valence-corrected chi connectivity index (χ0v) is 11.3. The second kappa shape index (κ2) is 5.54. The molecule has 0 aliphatic carbocycles. The highest BCUT2D eigenvalue weighted by atomic mass is 19.1. The van der Waals surface area contributed by atoms with Crippen molar-refractivity contribution >= 4 is 5.69 Å². The lowest BCUT2D eigenvalue weighted by atomic mass is 10.1. The van der Waals surface area contributed by atoms with Crippen LogP contribution in [0.1, 0.15) is 16.8 Å². The number of para-hydroxylation sites is 1. The highest BCUT2D eigenvalue weighted by Crippen LogP contribution is 2.34. The fourth-order valence-electron chi connectivity index (χ4n) is 1.85. The first-order valence-corrected chi connectivity index (χ1v) is 5.93. The lowest BCUT2D eigenvalue weighted by Crippen LogP contribution is -2.01. The Balaban J connectivity index is 2.59. The second-order valence-corrected chi connectivity index (χ2v) is 4.32. The number of halogens is 1. The number of rotatable bonds is 3. The zero-order valence-electron chi connectivity index (χ0n) is 11.3. The van der Waals surface area contributed by atoms with Crippen molar-refractivity contribution in [3.8, 4) is 17.7 Å². The van der Waals surface area contributed by atoms with Crippen molar-refractivity contribution in [2.24, 2.45) is 0 Å². The van der Waals surface area contributed by atoms with E-state index in [9.17, 15) is 14.5 Å². The van der Waals surface area contributed by atoms with Gasteiger partial charge in [-0.2, -0.15) is 5.26 Å². The monoisotopic (exact) mass is 287 g/mol. The molecule has 106 valence electrons. The van der Waals surface area contributed by atoms with Crippen LogP contribution in [0.5, 0.6) is 11.6 Å². The fourth-order valence-corrected chi connectivity index (χ4v) is 1.85. The van der Waals surface area contributed by atoms with Gasteiger partial charge in [-0.25, -0.2) is 9.37 Å². The predicted octanol–water partition coefficient (Wildman–Crippen LogP) is 3.41. The molecule has 2 aromatic rings. The maximum Gasteiger partial charge on any atom is 0.314 e. The van der Waals surface area contributed by atoms with E-state index < -0.39 is 22.2 Å². The first-order chi connectivity index (χ1) is 9.93. The fraction of sp³-hybridized carbons (Fsp3) is 0.143. The van der Waals surface area contributed by atoms with Gasteiger partial charge in [0.15, 0.2) is 5.82 Å². The molecular formula is C14H10FN3O3. The lowest BCUT2D eigenvalue weighted by Gasteiger charge is -2.10. The third-order valence-corrected chi connectivity index (χ3v) is 2.76. The van der Waals surface area contributed by atoms with Crippen molar-refractivity contribution in [3.05, 3.63) is 57.0 Å². The van der Waals surface area contributed by atoms with Crippen molar-refractivity contribution in [2.75, 3.05) is 0 Å². The van der Waals surface area contributed by atoms with E-state index in [4.69, 9.17) is 10.00 Å². The molecule has 0 spiro atoms. The minimum absolute atomic E-state index is 0.109. The van der Waals surface area contributed by atoms with Gasteiger partial charge in [0.25, 0.3) is 0 Å². The predicted molar refractivity (Wildman–Crippen MR) is 71.6 cm³/mol. The Hall–Kier alpha value is -3.01. The standard InChI is InChI=1S/C14H10FN3O3/c1-8-6-9(2)17-14(10(8)7-16)21-13-11(15)4-3-5-12(13)18(19)20/h3-6H,1-2H3. The SMILES string of the molecule is Cc1cc(C)c(C#N)c(Oc2c(F)cccc2[N+](=O)[O-])n1. The van der Waals surface area contributed by atoms with Gasteiger partial charge in [0.1, 0.15) is 11.6 Å². The van der Waals surface area contributed by atoms with Gasteiger partial charge in [0, 0.05) is 11.8 Å². The molecule has 0 saturated heterocycles. The Morgan fingerprint density at radius 2 is 2.14 bits per heavy atom. The highest BCUT2D eigenvalue weighted by Gasteiger charge is 2.22. The van der Waals surface area contributed by atoms with Gasteiger partial charge in [0.05, 0.1) is 4.92 Å². The zero-order chi connectivity index (χ0) is 15.6. The van der Waals surface area contributed by atoms with Crippen LogP contribution in [0.25, 0.3) is 0 Å². The summed E-state index contributed by atoms with van der Waals surface area (Å²) in [5, 5.41) is 20.0. The largest absolute Gasteiger partial charge is 0.427 e. The summed E-state index contributed by atoms with van der Waals surface area (Å²) in [6, 6.07) is 6.93. The minimum atomic E-state index is -0.894. The molecule has 0 fully saturated rings. The molecule has 7 heteroatoms. The number of aryl methyl sites for hydroxylation is 2. The van der Waals surface area contributed by atoms with Crippen LogP contribution in [0.4, 0.5) is 10.1 Å². The smallest absolute Gasteiger partial charge is 0.314 e. The van der Waals surface area contributed by atoms with E-state index in [1.54, 1.807) is 19.9 Å². The van der Waals surface area contributed by atoms with Gasteiger partial charge in [-0.15, -0.1) is 0 Å². The molecule has 1 aromatic carbocycles. The Morgan fingerprint density at radius 3 is 2.76 bits per heavy atom. The van der Waals surface area contributed by atoms with Crippen molar-refractivity contribution in [2.45, 2.75) is 13.8 Å². The summed E-state index contributed by atoms with van der Waals surface area (Å²) in [7, 11) is 0. The number of nitro benzene ring substituents is 1.